The molecule has 23 heavy (non-hydrogen) atoms. The normalized spacial score (nSPS) is 17.4. The van der Waals surface area contributed by atoms with Crippen LogP contribution in [-0.2, 0) is 11.3 Å². The average Bonchev–Trinajstić information content (AvgIpc) is 3.17. The maximum atomic E-state index is 12.1. The van der Waals surface area contributed by atoms with Crippen LogP contribution in [0.4, 0.5) is 0 Å². The van der Waals surface area contributed by atoms with Gasteiger partial charge in [0.2, 0.25) is 5.91 Å². The van der Waals surface area contributed by atoms with Crippen LogP contribution in [0.3, 0.4) is 0 Å². The number of hydrogen-bond donors (Lipinski definition) is 1. The highest BCUT2D eigenvalue weighted by atomic mass is 16.3. The fourth-order valence-electron chi connectivity index (χ4n) is 3.15. The minimum absolute atomic E-state index is 0.124. The fraction of sp³-hybridized carbons (Fsp3) is 0.444. The van der Waals surface area contributed by atoms with E-state index in [2.05, 4.69) is 22.6 Å². The summed E-state index contributed by atoms with van der Waals surface area (Å²) in [6, 6.07) is 3.82. The Kier molecular flexibility index (Phi) is 4.65. The number of carbonyl (C=O) groups excluding carboxylic acids is 1. The SMILES string of the molecule is Cc1nn(CCNC(=O)[C@H]2CC=CCC2)c(C)c1-c1ccco1. The lowest BCUT2D eigenvalue weighted by Crippen LogP contribution is -2.33. The second-order valence-corrected chi connectivity index (χ2v) is 6.02. The van der Waals surface area contributed by atoms with Crippen LogP contribution in [0, 0.1) is 19.8 Å². The van der Waals surface area contributed by atoms with Crippen LogP contribution in [0.1, 0.15) is 30.7 Å². The molecule has 0 saturated heterocycles. The highest BCUT2D eigenvalue weighted by Gasteiger charge is 2.19. The Labute approximate surface area is 136 Å². The number of furan rings is 1. The van der Waals surface area contributed by atoms with Crippen molar-refractivity contribution >= 4 is 5.91 Å². The molecule has 2 aromatic rings. The van der Waals surface area contributed by atoms with Crippen LogP contribution in [-0.4, -0.2) is 22.2 Å². The number of nitrogens with zero attached hydrogens (tertiary/aromatic N) is 2. The smallest absolute Gasteiger partial charge is 0.223 e. The van der Waals surface area contributed by atoms with E-state index in [0.717, 1.165) is 42.0 Å². The first-order valence-corrected chi connectivity index (χ1v) is 8.17. The number of rotatable bonds is 5. The Morgan fingerprint density at radius 3 is 3.00 bits per heavy atom. The number of hydrogen-bond acceptors (Lipinski definition) is 3. The van der Waals surface area contributed by atoms with Gasteiger partial charge in [-0.3, -0.25) is 9.48 Å². The van der Waals surface area contributed by atoms with Crippen molar-refractivity contribution in [3.63, 3.8) is 0 Å². The summed E-state index contributed by atoms with van der Waals surface area (Å²) < 4.78 is 7.43. The molecular weight excluding hydrogens is 290 g/mol. The first-order chi connectivity index (χ1) is 11.2. The van der Waals surface area contributed by atoms with Crippen LogP contribution >= 0.6 is 0 Å². The van der Waals surface area contributed by atoms with Crippen molar-refractivity contribution in [1.29, 1.82) is 0 Å². The van der Waals surface area contributed by atoms with Crippen molar-refractivity contribution in [1.82, 2.24) is 15.1 Å². The van der Waals surface area contributed by atoms with Gasteiger partial charge in [0.05, 0.1) is 24.1 Å². The number of aromatic nitrogens is 2. The molecule has 1 aliphatic carbocycles. The van der Waals surface area contributed by atoms with Gasteiger partial charge in [-0.1, -0.05) is 12.2 Å². The Morgan fingerprint density at radius 1 is 1.43 bits per heavy atom. The highest BCUT2D eigenvalue weighted by molar-refractivity contribution is 5.78. The molecule has 1 amide bonds. The molecule has 1 aliphatic rings. The number of allylic oxidation sites excluding steroid dienone is 2. The van der Waals surface area contributed by atoms with Gasteiger partial charge in [0, 0.05) is 18.2 Å². The van der Waals surface area contributed by atoms with E-state index in [0.29, 0.717) is 13.1 Å². The Morgan fingerprint density at radius 2 is 2.30 bits per heavy atom. The van der Waals surface area contributed by atoms with E-state index in [1.54, 1.807) is 6.26 Å². The maximum absolute atomic E-state index is 12.1. The van der Waals surface area contributed by atoms with Gasteiger partial charge < -0.3 is 9.73 Å². The molecule has 0 aromatic carbocycles. The van der Waals surface area contributed by atoms with E-state index < -0.39 is 0 Å². The molecule has 0 bridgehead atoms. The van der Waals surface area contributed by atoms with Crippen molar-refractivity contribution in [3.8, 4) is 11.3 Å². The molecule has 0 aliphatic heterocycles. The molecule has 3 rings (SSSR count). The molecule has 5 heteroatoms. The van der Waals surface area contributed by atoms with Gasteiger partial charge in [-0.05, 0) is 45.2 Å². The van der Waals surface area contributed by atoms with Crippen molar-refractivity contribution < 1.29 is 9.21 Å². The molecule has 0 saturated carbocycles. The van der Waals surface area contributed by atoms with Crippen molar-refractivity contribution in [2.45, 2.75) is 39.7 Å². The number of nitrogens with one attached hydrogen (secondary N) is 1. The number of amides is 1. The van der Waals surface area contributed by atoms with Crippen molar-refractivity contribution in [3.05, 3.63) is 41.9 Å². The van der Waals surface area contributed by atoms with Crippen LogP contribution in [0.5, 0.6) is 0 Å². The van der Waals surface area contributed by atoms with E-state index in [1.165, 1.54) is 0 Å². The highest BCUT2D eigenvalue weighted by Crippen LogP contribution is 2.27. The van der Waals surface area contributed by atoms with Gasteiger partial charge in [0.15, 0.2) is 0 Å². The predicted octanol–water partition coefficient (Wildman–Crippen LogP) is 3.23. The lowest BCUT2D eigenvalue weighted by molar-refractivity contribution is -0.125. The molecule has 2 heterocycles. The van der Waals surface area contributed by atoms with Crippen LogP contribution in [0.25, 0.3) is 11.3 Å². The molecule has 0 radical (unpaired) electrons. The average molecular weight is 313 g/mol. The van der Waals surface area contributed by atoms with Crippen LogP contribution in [0.15, 0.2) is 35.0 Å². The summed E-state index contributed by atoms with van der Waals surface area (Å²) >= 11 is 0. The van der Waals surface area contributed by atoms with E-state index in [1.807, 2.05) is 30.7 Å². The fourth-order valence-corrected chi connectivity index (χ4v) is 3.15. The topological polar surface area (TPSA) is 60.1 Å². The van der Waals surface area contributed by atoms with Crippen LogP contribution < -0.4 is 5.32 Å². The van der Waals surface area contributed by atoms with E-state index >= 15 is 0 Å². The molecule has 0 spiro atoms. The zero-order valence-electron chi connectivity index (χ0n) is 13.7. The van der Waals surface area contributed by atoms with Gasteiger partial charge in [0.25, 0.3) is 0 Å². The Bertz CT molecular complexity index is 698. The Hall–Kier alpha value is -2.30. The molecule has 0 unspecified atom stereocenters. The molecule has 0 fully saturated rings. The van der Waals surface area contributed by atoms with E-state index in [9.17, 15) is 4.79 Å². The van der Waals surface area contributed by atoms with Crippen molar-refractivity contribution in [2.75, 3.05) is 6.54 Å². The first-order valence-electron chi connectivity index (χ1n) is 8.17. The molecule has 122 valence electrons. The van der Waals surface area contributed by atoms with Gasteiger partial charge in [0.1, 0.15) is 5.76 Å². The lowest BCUT2D eigenvalue weighted by Gasteiger charge is -2.17. The summed E-state index contributed by atoms with van der Waals surface area (Å²) in [4.78, 5) is 12.1. The first kappa shape index (κ1) is 15.6. The quantitative estimate of drug-likeness (QED) is 0.862. The standard InChI is InChI=1S/C18H23N3O2/c1-13-17(16-9-6-12-23-16)14(2)21(20-13)11-10-19-18(22)15-7-4-3-5-8-15/h3-4,6,9,12,15H,5,7-8,10-11H2,1-2H3,(H,19,22)/t15-/m0/s1. The van der Waals surface area contributed by atoms with Gasteiger partial charge in [-0.2, -0.15) is 5.10 Å². The molecule has 1 N–H and O–H groups in total. The Balaban J connectivity index is 1.60. The third-order valence-corrected chi connectivity index (χ3v) is 4.41. The summed E-state index contributed by atoms with van der Waals surface area (Å²) in [5.74, 6) is 1.12. The monoisotopic (exact) mass is 313 g/mol. The summed E-state index contributed by atoms with van der Waals surface area (Å²) in [5, 5.41) is 7.60. The number of carbonyl (C=O) groups is 1. The maximum Gasteiger partial charge on any atom is 0.223 e. The molecule has 1 atom stereocenters. The molecule has 2 aromatic heterocycles. The summed E-state index contributed by atoms with van der Waals surface area (Å²) in [6.07, 6.45) is 8.73. The minimum Gasteiger partial charge on any atom is -0.464 e. The van der Waals surface area contributed by atoms with Gasteiger partial charge in [-0.15, -0.1) is 0 Å². The third-order valence-electron chi connectivity index (χ3n) is 4.41. The minimum atomic E-state index is 0.124. The summed E-state index contributed by atoms with van der Waals surface area (Å²) in [7, 11) is 0. The van der Waals surface area contributed by atoms with Gasteiger partial charge in [-0.25, -0.2) is 0 Å². The van der Waals surface area contributed by atoms with E-state index in [-0.39, 0.29) is 11.8 Å². The third kappa shape index (κ3) is 3.38. The predicted molar refractivity (Wildman–Crippen MR) is 88.9 cm³/mol. The zero-order chi connectivity index (χ0) is 16.2. The summed E-state index contributed by atoms with van der Waals surface area (Å²) in [5.41, 5.74) is 3.05. The largest absolute Gasteiger partial charge is 0.464 e. The number of aryl methyl sites for hydroxylation is 1. The second-order valence-electron chi connectivity index (χ2n) is 6.02. The molecule has 5 nitrogen and oxygen atoms in total. The van der Waals surface area contributed by atoms with Crippen LogP contribution in [0.2, 0.25) is 0 Å². The van der Waals surface area contributed by atoms with Gasteiger partial charge >= 0.3 is 0 Å². The second kappa shape index (κ2) is 6.86. The van der Waals surface area contributed by atoms with E-state index in [4.69, 9.17) is 4.42 Å². The lowest BCUT2D eigenvalue weighted by atomic mass is 9.94. The zero-order valence-corrected chi connectivity index (χ0v) is 13.7. The van der Waals surface area contributed by atoms with Crippen molar-refractivity contribution in [2.24, 2.45) is 5.92 Å². The summed E-state index contributed by atoms with van der Waals surface area (Å²) in [6.45, 7) is 5.28. The molecular formula is C18H23N3O2.